The molecule has 3 rings (SSSR count). The second-order valence-electron chi connectivity index (χ2n) is 7.06. The fourth-order valence-corrected chi connectivity index (χ4v) is 4.70. The monoisotopic (exact) mass is 454 g/mol. The van der Waals surface area contributed by atoms with Crippen molar-refractivity contribution in [3.8, 4) is 11.5 Å². The van der Waals surface area contributed by atoms with E-state index in [0.717, 1.165) is 9.87 Å². The highest BCUT2D eigenvalue weighted by Crippen LogP contribution is 2.32. The first-order valence-electron chi connectivity index (χ1n) is 10.0. The molecule has 0 radical (unpaired) electrons. The first-order chi connectivity index (χ1) is 15.4. The summed E-state index contributed by atoms with van der Waals surface area (Å²) in [6.45, 7) is 1.43. The number of hydrogen-bond acceptors (Lipinski definition) is 5. The van der Waals surface area contributed by atoms with Crippen molar-refractivity contribution >= 4 is 21.6 Å². The van der Waals surface area contributed by atoms with Crippen LogP contribution in [0.25, 0.3) is 0 Å². The molecular weight excluding hydrogens is 428 g/mol. The van der Waals surface area contributed by atoms with Crippen molar-refractivity contribution in [2.24, 2.45) is 0 Å². The molecule has 0 aliphatic carbocycles. The summed E-state index contributed by atoms with van der Waals surface area (Å²) in [6, 6.07) is 21.7. The average Bonchev–Trinajstić information content (AvgIpc) is 2.83. The van der Waals surface area contributed by atoms with Crippen molar-refractivity contribution in [2.75, 3.05) is 25.1 Å². The van der Waals surface area contributed by atoms with E-state index >= 15 is 0 Å². The van der Waals surface area contributed by atoms with Gasteiger partial charge in [0.1, 0.15) is 18.0 Å². The molecule has 3 aromatic carbocycles. The Morgan fingerprint density at radius 1 is 0.906 bits per heavy atom. The number of nitrogens with zero attached hydrogens (tertiary/aromatic N) is 1. The predicted octanol–water partition coefficient (Wildman–Crippen LogP) is 3.78. The Kier molecular flexibility index (Phi) is 7.37. The fourth-order valence-electron chi connectivity index (χ4n) is 3.25. The normalized spacial score (nSPS) is 12.0. The van der Waals surface area contributed by atoms with Gasteiger partial charge in [0.05, 0.1) is 30.8 Å². The standard InChI is InChI=1S/C24H26N2O5S/c1-18(19-13-15-20(30-2)16-14-19)25-24(27)17-26(22-11-7-8-12-23(22)31-3)32(28,29)21-9-5-4-6-10-21/h4-16,18H,17H2,1-3H3,(H,25,27). The van der Waals surface area contributed by atoms with E-state index in [1.807, 2.05) is 19.1 Å². The summed E-state index contributed by atoms with van der Waals surface area (Å²) in [5.41, 5.74) is 1.15. The van der Waals surface area contributed by atoms with Crippen LogP contribution in [-0.4, -0.2) is 35.1 Å². The Morgan fingerprint density at radius 2 is 1.53 bits per heavy atom. The van der Waals surface area contributed by atoms with Gasteiger partial charge in [0.15, 0.2) is 0 Å². The number of hydrogen-bond donors (Lipinski definition) is 1. The Labute approximate surface area is 188 Å². The van der Waals surface area contributed by atoms with Gasteiger partial charge < -0.3 is 14.8 Å². The molecule has 1 atom stereocenters. The van der Waals surface area contributed by atoms with Crippen LogP contribution in [0.5, 0.6) is 11.5 Å². The van der Waals surface area contributed by atoms with E-state index in [9.17, 15) is 13.2 Å². The minimum absolute atomic E-state index is 0.0851. The van der Waals surface area contributed by atoms with Gasteiger partial charge in [-0.25, -0.2) is 8.42 Å². The first kappa shape index (κ1) is 23.1. The van der Waals surface area contributed by atoms with Crippen LogP contribution < -0.4 is 19.1 Å². The highest BCUT2D eigenvalue weighted by Gasteiger charge is 2.29. The summed E-state index contributed by atoms with van der Waals surface area (Å²) in [5.74, 6) is 0.616. The molecular formula is C24H26N2O5S. The molecule has 7 nitrogen and oxygen atoms in total. The molecule has 0 fully saturated rings. The molecule has 0 heterocycles. The number of benzene rings is 3. The molecule has 1 N–H and O–H groups in total. The number of ether oxygens (including phenoxy) is 2. The van der Waals surface area contributed by atoms with Gasteiger partial charge in [-0.15, -0.1) is 0 Å². The second kappa shape index (κ2) is 10.2. The second-order valence-corrected chi connectivity index (χ2v) is 8.92. The lowest BCUT2D eigenvalue weighted by Crippen LogP contribution is -2.41. The van der Waals surface area contributed by atoms with E-state index < -0.39 is 22.5 Å². The number of sulfonamides is 1. The van der Waals surface area contributed by atoms with Gasteiger partial charge in [-0.2, -0.15) is 0 Å². The van der Waals surface area contributed by atoms with E-state index in [1.54, 1.807) is 61.7 Å². The number of methoxy groups -OCH3 is 2. The maximum atomic E-state index is 13.4. The summed E-state index contributed by atoms with van der Waals surface area (Å²) in [5, 5.41) is 2.87. The molecule has 0 aliphatic heterocycles. The third-order valence-electron chi connectivity index (χ3n) is 4.97. The number of rotatable bonds is 9. The van der Waals surface area contributed by atoms with Crippen LogP contribution >= 0.6 is 0 Å². The number of para-hydroxylation sites is 2. The Hall–Kier alpha value is -3.52. The predicted molar refractivity (Wildman–Crippen MR) is 124 cm³/mol. The lowest BCUT2D eigenvalue weighted by Gasteiger charge is -2.26. The minimum Gasteiger partial charge on any atom is -0.497 e. The molecule has 0 bridgehead atoms. The van der Waals surface area contributed by atoms with Crippen molar-refractivity contribution in [2.45, 2.75) is 17.9 Å². The number of carbonyl (C=O) groups is 1. The van der Waals surface area contributed by atoms with E-state index in [1.165, 1.54) is 19.2 Å². The van der Waals surface area contributed by atoms with Crippen LogP contribution in [0.1, 0.15) is 18.5 Å². The summed E-state index contributed by atoms with van der Waals surface area (Å²) in [4.78, 5) is 13.0. The minimum atomic E-state index is -4.02. The van der Waals surface area contributed by atoms with Gasteiger partial charge in [-0.1, -0.05) is 42.5 Å². The van der Waals surface area contributed by atoms with E-state index in [2.05, 4.69) is 5.32 Å². The Bertz CT molecular complexity index is 1150. The summed E-state index contributed by atoms with van der Waals surface area (Å²) >= 11 is 0. The quantitative estimate of drug-likeness (QED) is 0.532. The number of amides is 1. The summed E-state index contributed by atoms with van der Waals surface area (Å²) in [7, 11) is -0.976. The van der Waals surface area contributed by atoms with Crippen molar-refractivity contribution in [1.82, 2.24) is 5.32 Å². The largest absolute Gasteiger partial charge is 0.497 e. The zero-order chi connectivity index (χ0) is 23.1. The maximum Gasteiger partial charge on any atom is 0.264 e. The molecule has 0 aromatic heterocycles. The molecule has 0 spiro atoms. The van der Waals surface area contributed by atoms with Gasteiger partial charge in [0, 0.05) is 0 Å². The van der Waals surface area contributed by atoms with Crippen LogP contribution in [0.15, 0.2) is 83.8 Å². The lowest BCUT2D eigenvalue weighted by atomic mass is 10.1. The molecule has 168 valence electrons. The van der Waals surface area contributed by atoms with Crippen LogP contribution in [0, 0.1) is 0 Å². The number of anilines is 1. The smallest absolute Gasteiger partial charge is 0.264 e. The topological polar surface area (TPSA) is 84.9 Å². The molecule has 0 aliphatic rings. The number of carbonyl (C=O) groups excluding carboxylic acids is 1. The maximum absolute atomic E-state index is 13.4. The van der Waals surface area contributed by atoms with Gasteiger partial charge in [0.25, 0.3) is 10.0 Å². The van der Waals surface area contributed by atoms with Gasteiger partial charge in [0.2, 0.25) is 5.91 Å². The van der Waals surface area contributed by atoms with Gasteiger partial charge >= 0.3 is 0 Å². The van der Waals surface area contributed by atoms with Crippen LogP contribution in [0.4, 0.5) is 5.69 Å². The highest BCUT2D eigenvalue weighted by atomic mass is 32.2. The molecule has 32 heavy (non-hydrogen) atoms. The van der Waals surface area contributed by atoms with Gasteiger partial charge in [-0.3, -0.25) is 9.10 Å². The van der Waals surface area contributed by atoms with Crippen LogP contribution in [0.3, 0.4) is 0 Å². The Morgan fingerprint density at radius 3 is 2.16 bits per heavy atom. The molecule has 3 aromatic rings. The van der Waals surface area contributed by atoms with Crippen molar-refractivity contribution < 1.29 is 22.7 Å². The van der Waals surface area contributed by atoms with E-state index in [0.29, 0.717) is 11.5 Å². The third kappa shape index (κ3) is 5.20. The van der Waals surface area contributed by atoms with Crippen molar-refractivity contribution in [1.29, 1.82) is 0 Å². The highest BCUT2D eigenvalue weighted by molar-refractivity contribution is 7.92. The molecule has 0 saturated heterocycles. The zero-order valence-electron chi connectivity index (χ0n) is 18.2. The van der Waals surface area contributed by atoms with Crippen LogP contribution in [0.2, 0.25) is 0 Å². The lowest BCUT2D eigenvalue weighted by molar-refractivity contribution is -0.120. The summed E-state index contributed by atoms with van der Waals surface area (Å²) in [6.07, 6.45) is 0. The molecule has 0 saturated carbocycles. The SMILES string of the molecule is COc1ccc(C(C)NC(=O)CN(c2ccccc2OC)S(=O)(=O)c2ccccc2)cc1. The summed E-state index contributed by atoms with van der Waals surface area (Å²) < 4.78 is 38.5. The van der Waals surface area contributed by atoms with E-state index in [4.69, 9.17) is 9.47 Å². The zero-order valence-corrected chi connectivity index (χ0v) is 19.0. The molecule has 1 unspecified atom stereocenters. The van der Waals surface area contributed by atoms with Crippen molar-refractivity contribution in [3.63, 3.8) is 0 Å². The van der Waals surface area contributed by atoms with Crippen LogP contribution in [-0.2, 0) is 14.8 Å². The average molecular weight is 455 g/mol. The molecule has 8 heteroatoms. The van der Waals surface area contributed by atoms with Gasteiger partial charge in [-0.05, 0) is 48.9 Å². The molecule has 1 amide bonds. The van der Waals surface area contributed by atoms with Crippen molar-refractivity contribution in [3.05, 3.63) is 84.4 Å². The Balaban J connectivity index is 1.89. The fraction of sp³-hybridized carbons (Fsp3) is 0.208. The first-order valence-corrected chi connectivity index (χ1v) is 11.4. The third-order valence-corrected chi connectivity index (χ3v) is 6.74. The van der Waals surface area contributed by atoms with E-state index in [-0.39, 0.29) is 16.6 Å². The number of nitrogens with one attached hydrogen (secondary N) is 1.